The standard InChI is InChI=1S/C24H31Cl2N3O5S/c1-6-20(24(31)27-16(2)3)28(14-17-18(25)10-9-11-19(17)26)23(30)15-29(35(5,32)33)21-12-7-8-13-22(21)34-4/h7-13,16,20H,6,14-15H2,1-5H3,(H,27,31)/t20-/m0/s1. The van der Waals surface area contributed by atoms with Gasteiger partial charge in [0.25, 0.3) is 0 Å². The third-order valence-corrected chi connectivity index (χ3v) is 7.07. The number of carbonyl (C=O) groups excluding carboxylic acids is 2. The minimum Gasteiger partial charge on any atom is -0.495 e. The molecule has 0 bridgehead atoms. The molecule has 0 unspecified atom stereocenters. The van der Waals surface area contributed by atoms with Crippen molar-refractivity contribution in [1.29, 1.82) is 0 Å². The van der Waals surface area contributed by atoms with Crippen LogP contribution in [0.25, 0.3) is 0 Å². The largest absolute Gasteiger partial charge is 0.495 e. The van der Waals surface area contributed by atoms with Gasteiger partial charge in [-0.2, -0.15) is 0 Å². The van der Waals surface area contributed by atoms with E-state index in [0.29, 0.717) is 22.0 Å². The highest BCUT2D eigenvalue weighted by Gasteiger charge is 2.33. The molecule has 11 heteroatoms. The summed E-state index contributed by atoms with van der Waals surface area (Å²) in [5, 5.41) is 3.49. The molecule has 0 aromatic heterocycles. The fourth-order valence-electron chi connectivity index (χ4n) is 3.58. The lowest BCUT2D eigenvalue weighted by molar-refractivity contribution is -0.140. The maximum atomic E-state index is 13.7. The van der Waals surface area contributed by atoms with Gasteiger partial charge in [0.05, 0.1) is 19.1 Å². The minimum absolute atomic E-state index is 0.0785. The van der Waals surface area contributed by atoms with Crippen LogP contribution in [0.2, 0.25) is 10.0 Å². The SMILES string of the molecule is CC[C@@H](C(=O)NC(C)C)N(Cc1c(Cl)cccc1Cl)C(=O)CN(c1ccccc1OC)S(C)(=O)=O. The first-order valence-corrected chi connectivity index (χ1v) is 13.6. The zero-order valence-electron chi connectivity index (χ0n) is 20.4. The second-order valence-corrected chi connectivity index (χ2v) is 11.0. The van der Waals surface area contributed by atoms with E-state index < -0.39 is 28.5 Å². The first-order chi connectivity index (χ1) is 16.4. The number of sulfonamides is 1. The highest BCUT2D eigenvalue weighted by molar-refractivity contribution is 7.92. The molecule has 2 rings (SSSR count). The van der Waals surface area contributed by atoms with Crippen molar-refractivity contribution >= 4 is 50.7 Å². The molecule has 2 aromatic rings. The first kappa shape index (κ1) is 28.7. The van der Waals surface area contributed by atoms with Crippen molar-refractivity contribution in [2.45, 2.75) is 45.8 Å². The summed E-state index contributed by atoms with van der Waals surface area (Å²) in [5.41, 5.74) is 0.671. The number of hydrogen-bond donors (Lipinski definition) is 1. The molecule has 1 atom stereocenters. The fraction of sp³-hybridized carbons (Fsp3) is 0.417. The van der Waals surface area contributed by atoms with Crippen molar-refractivity contribution in [2.24, 2.45) is 0 Å². The van der Waals surface area contributed by atoms with Crippen LogP contribution >= 0.6 is 23.2 Å². The van der Waals surface area contributed by atoms with E-state index in [1.165, 1.54) is 12.0 Å². The van der Waals surface area contributed by atoms with Gasteiger partial charge in [0.15, 0.2) is 0 Å². The van der Waals surface area contributed by atoms with Crippen molar-refractivity contribution in [1.82, 2.24) is 10.2 Å². The molecule has 35 heavy (non-hydrogen) atoms. The summed E-state index contributed by atoms with van der Waals surface area (Å²) in [4.78, 5) is 28.0. The lowest BCUT2D eigenvalue weighted by Gasteiger charge is -2.33. The molecular weight excluding hydrogens is 513 g/mol. The summed E-state index contributed by atoms with van der Waals surface area (Å²) < 4.78 is 31.7. The average molecular weight is 545 g/mol. The molecular formula is C24H31Cl2N3O5S. The van der Waals surface area contributed by atoms with Crippen LogP contribution in [-0.2, 0) is 26.2 Å². The molecule has 0 spiro atoms. The number of benzene rings is 2. The number of nitrogens with one attached hydrogen (secondary N) is 1. The van der Waals surface area contributed by atoms with Gasteiger partial charge in [0.1, 0.15) is 18.3 Å². The molecule has 192 valence electrons. The average Bonchev–Trinajstić information content (AvgIpc) is 2.77. The number of amides is 2. The fourth-order valence-corrected chi connectivity index (χ4v) is 4.95. The van der Waals surface area contributed by atoms with Crippen molar-refractivity contribution in [3.05, 3.63) is 58.1 Å². The monoisotopic (exact) mass is 543 g/mol. The Morgan fingerprint density at radius 2 is 1.66 bits per heavy atom. The summed E-state index contributed by atoms with van der Waals surface area (Å²) in [6.07, 6.45) is 1.30. The van der Waals surface area contributed by atoms with Gasteiger partial charge >= 0.3 is 0 Å². The summed E-state index contributed by atoms with van der Waals surface area (Å²) in [6, 6.07) is 10.4. The number of hydrogen-bond acceptors (Lipinski definition) is 5. The molecule has 0 radical (unpaired) electrons. The zero-order valence-corrected chi connectivity index (χ0v) is 22.7. The molecule has 0 fully saturated rings. The number of methoxy groups -OCH3 is 1. The molecule has 0 saturated heterocycles. The number of nitrogens with zero attached hydrogens (tertiary/aromatic N) is 2. The topological polar surface area (TPSA) is 96.0 Å². The Bertz CT molecular complexity index is 1140. The van der Waals surface area contributed by atoms with Crippen molar-refractivity contribution in [3.8, 4) is 5.75 Å². The molecule has 0 aliphatic rings. The van der Waals surface area contributed by atoms with Gasteiger partial charge in [-0.25, -0.2) is 8.42 Å². The smallest absolute Gasteiger partial charge is 0.244 e. The predicted octanol–water partition coefficient (Wildman–Crippen LogP) is 4.10. The number of anilines is 1. The Kier molecular flexibility index (Phi) is 10.2. The van der Waals surface area contributed by atoms with Crippen LogP contribution < -0.4 is 14.4 Å². The van der Waals surface area contributed by atoms with Crippen LogP contribution in [0, 0.1) is 0 Å². The van der Waals surface area contributed by atoms with Crippen molar-refractivity contribution < 1.29 is 22.7 Å². The molecule has 2 amide bonds. The number of rotatable bonds is 11. The summed E-state index contributed by atoms with van der Waals surface area (Å²) in [6.45, 7) is 4.77. The Balaban J connectivity index is 2.54. The highest BCUT2D eigenvalue weighted by atomic mass is 35.5. The van der Waals surface area contributed by atoms with E-state index in [2.05, 4.69) is 5.32 Å². The van der Waals surface area contributed by atoms with Gasteiger partial charge in [-0.05, 0) is 44.5 Å². The van der Waals surface area contributed by atoms with E-state index in [4.69, 9.17) is 27.9 Å². The Hall–Kier alpha value is -2.49. The second kappa shape index (κ2) is 12.5. The van der Waals surface area contributed by atoms with Crippen molar-refractivity contribution in [3.63, 3.8) is 0 Å². The van der Waals surface area contributed by atoms with E-state index in [9.17, 15) is 18.0 Å². The zero-order chi connectivity index (χ0) is 26.3. The first-order valence-electron chi connectivity index (χ1n) is 11.0. The van der Waals surface area contributed by atoms with Crippen LogP contribution in [0.1, 0.15) is 32.8 Å². The van der Waals surface area contributed by atoms with Gasteiger partial charge in [0, 0.05) is 28.2 Å². The van der Waals surface area contributed by atoms with Gasteiger partial charge in [-0.3, -0.25) is 13.9 Å². The number of para-hydroxylation sites is 2. The quantitative estimate of drug-likeness (QED) is 0.460. The Morgan fingerprint density at radius 1 is 1.06 bits per heavy atom. The second-order valence-electron chi connectivity index (χ2n) is 8.25. The summed E-state index contributed by atoms with van der Waals surface area (Å²) in [7, 11) is -2.47. The normalized spacial score (nSPS) is 12.2. The molecule has 0 aliphatic heterocycles. The molecule has 8 nitrogen and oxygen atoms in total. The van der Waals surface area contributed by atoms with E-state index >= 15 is 0 Å². The Labute approximate surface area is 217 Å². The van der Waals surface area contributed by atoms with E-state index in [1.54, 1.807) is 49.4 Å². The van der Waals surface area contributed by atoms with Crippen molar-refractivity contribution in [2.75, 3.05) is 24.2 Å². The number of halogens is 2. The van der Waals surface area contributed by atoms with Crippen LogP contribution in [-0.4, -0.2) is 57.1 Å². The van der Waals surface area contributed by atoms with Gasteiger partial charge in [-0.15, -0.1) is 0 Å². The predicted molar refractivity (Wildman–Crippen MR) is 140 cm³/mol. The lowest BCUT2D eigenvalue weighted by Crippen LogP contribution is -2.53. The molecule has 2 aromatic carbocycles. The van der Waals surface area contributed by atoms with Gasteiger partial charge in [0.2, 0.25) is 21.8 Å². The van der Waals surface area contributed by atoms with E-state index in [1.807, 2.05) is 13.8 Å². The van der Waals surface area contributed by atoms with E-state index in [0.717, 1.165) is 10.6 Å². The molecule has 0 heterocycles. The molecule has 0 saturated carbocycles. The van der Waals surface area contributed by atoms with Crippen LogP contribution in [0.4, 0.5) is 5.69 Å². The number of ether oxygens (including phenoxy) is 1. The lowest BCUT2D eigenvalue weighted by atomic mass is 10.1. The highest BCUT2D eigenvalue weighted by Crippen LogP contribution is 2.31. The summed E-state index contributed by atoms with van der Waals surface area (Å²) >= 11 is 12.7. The van der Waals surface area contributed by atoms with Gasteiger partial charge < -0.3 is 15.0 Å². The Morgan fingerprint density at radius 3 is 2.17 bits per heavy atom. The van der Waals surface area contributed by atoms with Crippen LogP contribution in [0.3, 0.4) is 0 Å². The van der Waals surface area contributed by atoms with Crippen LogP contribution in [0.5, 0.6) is 5.75 Å². The summed E-state index contributed by atoms with van der Waals surface area (Å²) in [5.74, 6) is -0.665. The van der Waals surface area contributed by atoms with Gasteiger partial charge in [-0.1, -0.05) is 48.3 Å². The van der Waals surface area contributed by atoms with Crippen LogP contribution in [0.15, 0.2) is 42.5 Å². The maximum Gasteiger partial charge on any atom is 0.244 e. The third kappa shape index (κ3) is 7.49. The molecule has 0 aliphatic carbocycles. The minimum atomic E-state index is -3.89. The van der Waals surface area contributed by atoms with E-state index in [-0.39, 0.29) is 29.9 Å². The maximum absolute atomic E-state index is 13.7. The number of carbonyl (C=O) groups is 2. The third-order valence-electron chi connectivity index (χ3n) is 5.24. The molecule has 1 N–H and O–H groups in total.